The average Bonchev–Trinajstić information content (AvgIpc) is 2.90. The minimum atomic E-state index is -0.739. The number of halogens is 2. The molecule has 0 atom stereocenters. The molecule has 4 aromatic rings. The predicted octanol–water partition coefficient (Wildman–Crippen LogP) is 5.14. The summed E-state index contributed by atoms with van der Waals surface area (Å²) in [6.07, 6.45) is 4.84. The van der Waals surface area contributed by atoms with Gasteiger partial charge in [0.05, 0.1) is 23.6 Å². The summed E-state index contributed by atoms with van der Waals surface area (Å²) < 4.78 is 31.4. The molecule has 1 fully saturated rings. The van der Waals surface area contributed by atoms with Gasteiger partial charge in [-0.25, -0.2) is 18.7 Å². The van der Waals surface area contributed by atoms with Crippen LogP contribution in [-0.2, 0) is 0 Å². The van der Waals surface area contributed by atoms with E-state index in [9.17, 15) is 14.4 Å². The van der Waals surface area contributed by atoms with E-state index in [-0.39, 0.29) is 39.7 Å². The van der Waals surface area contributed by atoms with Crippen molar-refractivity contribution in [1.82, 2.24) is 24.4 Å². The number of nitrogens with zero attached hydrogens (tertiary/aromatic N) is 6. The van der Waals surface area contributed by atoms with Crippen molar-refractivity contribution in [3.63, 3.8) is 0 Å². The lowest BCUT2D eigenvalue weighted by molar-refractivity contribution is 0.253. The maximum Gasteiger partial charge on any atom is 0.269 e. The molecule has 1 saturated heterocycles. The van der Waals surface area contributed by atoms with E-state index in [4.69, 9.17) is 0 Å². The first-order chi connectivity index (χ1) is 18.2. The molecule has 8 nitrogen and oxygen atoms in total. The molecule has 0 aliphatic carbocycles. The van der Waals surface area contributed by atoms with Gasteiger partial charge < -0.3 is 14.8 Å². The van der Waals surface area contributed by atoms with Crippen molar-refractivity contribution in [2.75, 3.05) is 25.5 Å². The fraction of sp³-hybridized carbons (Fsp3) is 0.321. The number of hydrogen-bond donors (Lipinski definition) is 1. The molecule has 194 valence electrons. The topological polar surface area (TPSA) is 99.7 Å². The monoisotopic (exact) mass is 515 g/mol. The first-order valence-electron chi connectivity index (χ1n) is 12.5. The number of benzene rings is 1. The van der Waals surface area contributed by atoms with Crippen molar-refractivity contribution in [3.05, 3.63) is 76.0 Å². The molecule has 3 aromatic heterocycles. The Labute approximate surface area is 218 Å². The minimum absolute atomic E-state index is 0.0992. The number of aromatic nitrogens is 4. The Kier molecular flexibility index (Phi) is 6.87. The van der Waals surface area contributed by atoms with E-state index < -0.39 is 17.2 Å². The van der Waals surface area contributed by atoms with Crippen LogP contribution in [0.25, 0.3) is 22.2 Å². The van der Waals surface area contributed by atoms with Crippen LogP contribution in [0.4, 0.5) is 20.4 Å². The lowest BCUT2D eigenvalue weighted by Crippen LogP contribution is -2.29. The Morgan fingerprint density at radius 1 is 1.08 bits per heavy atom. The highest BCUT2D eigenvalue weighted by atomic mass is 19.1. The van der Waals surface area contributed by atoms with Crippen molar-refractivity contribution in [3.8, 4) is 17.3 Å². The van der Waals surface area contributed by atoms with Gasteiger partial charge in [0.2, 0.25) is 5.95 Å². The molecular weight excluding hydrogens is 488 g/mol. The van der Waals surface area contributed by atoms with Crippen molar-refractivity contribution in [1.29, 1.82) is 5.26 Å². The fourth-order valence-electron chi connectivity index (χ4n) is 4.90. The molecule has 0 radical (unpaired) electrons. The van der Waals surface area contributed by atoms with Crippen molar-refractivity contribution in [2.45, 2.75) is 38.6 Å². The summed E-state index contributed by atoms with van der Waals surface area (Å²) in [6, 6.07) is 9.20. The van der Waals surface area contributed by atoms with Gasteiger partial charge in [0, 0.05) is 28.6 Å². The van der Waals surface area contributed by atoms with Crippen LogP contribution in [0.5, 0.6) is 0 Å². The molecule has 0 unspecified atom stereocenters. The van der Waals surface area contributed by atoms with Gasteiger partial charge in [-0.05, 0) is 77.2 Å². The second kappa shape index (κ2) is 10.3. The smallest absolute Gasteiger partial charge is 0.269 e. The summed E-state index contributed by atoms with van der Waals surface area (Å²) >= 11 is 0. The lowest BCUT2D eigenvalue weighted by atomic mass is 9.93. The normalized spacial score (nSPS) is 14.7. The summed E-state index contributed by atoms with van der Waals surface area (Å²) in [5, 5.41) is 12.5. The first-order valence-corrected chi connectivity index (χ1v) is 12.5. The molecule has 10 heteroatoms. The minimum Gasteiger partial charge on any atom is -0.323 e. The number of likely N-dealkylation sites (tertiary alicyclic amines) is 1. The van der Waals surface area contributed by atoms with Crippen LogP contribution in [-0.4, -0.2) is 44.6 Å². The third-order valence-electron chi connectivity index (χ3n) is 6.94. The summed E-state index contributed by atoms with van der Waals surface area (Å²) in [5.74, 6) is -0.886. The highest BCUT2D eigenvalue weighted by molar-refractivity contribution is 5.86. The molecule has 5 rings (SSSR count). The number of nitriles is 1. The third-order valence-corrected chi connectivity index (χ3v) is 6.94. The van der Waals surface area contributed by atoms with Crippen LogP contribution in [0.15, 0.2) is 47.5 Å². The van der Waals surface area contributed by atoms with Crippen LogP contribution < -0.4 is 10.9 Å². The van der Waals surface area contributed by atoms with Gasteiger partial charge in [0.1, 0.15) is 23.1 Å². The largest absolute Gasteiger partial charge is 0.323 e. The van der Waals surface area contributed by atoms with E-state index in [0.29, 0.717) is 11.6 Å². The van der Waals surface area contributed by atoms with Crippen molar-refractivity contribution >= 4 is 22.5 Å². The molecule has 0 bridgehead atoms. The van der Waals surface area contributed by atoms with Crippen LogP contribution in [0.2, 0.25) is 0 Å². The van der Waals surface area contributed by atoms with E-state index in [1.165, 1.54) is 16.7 Å². The molecule has 1 aliphatic rings. The number of anilines is 2. The number of piperidine rings is 1. The Hall–Kier alpha value is -4.23. The quantitative estimate of drug-likeness (QED) is 0.393. The average molecular weight is 516 g/mol. The van der Waals surface area contributed by atoms with Gasteiger partial charge in [0.25, 0.3) is 5.56 Å². The van der Waals surface area contributed by atoms with Gasteiger partial charge in [0.15, 0.2) is 5.82 Å². The molecule has 0 spiro atoms. The zero-order valence-corrected chi connectivity index (χ0v) is 21.4. The van der Waals surface area contributed by atoms with Crippen LogP contribution in [0.3, 0.4) is 0 Å². The molecule has 0 saturated carbocycles. The van der Waals surface area contributed by atoms with E-state index in [1.807, 2.05) is 18.2 Å². The molecule has 4 heterocycles. The van der Waals surface area contributed by atoms with Crippen LogP contribution in [0, 0.1) is 23.0 Å². The number of rotatable bonds is 5. The standard InChI is InChI=1S/C28H27F2N7O/c1-16(2)37-25-12-18(11-22(29)21(25)10-19(13-31)27(37)38)26-23(30)15-33-28(35-26)34-20-4-5-24(32-14-20)17-6-8-36(3)9-7-17/h4-5,10-12,14-17H,6-9H2,1-3H3,(H,33,34,35). The number of hydrogen-bond acceptors (Lipinski definition) is 7. The molecule has 38 heavy (non-hydrogen) atoms. The van der Waals surface area contributed by atoms with E-state index in [0.717, 1.165) is 43.9 Å². The zero-order valence-electron chi connectivity index (χ0n) is 21.4. The highest BCUT2D eigenvalue weighted by Crippen LogP contribution is 2.30. The van der Waals surface area contributed by atoms with Crippen LogP contribution >= 0.6 is 0 Å². The van der Waals surface area contributed by atoms with Gasteiger partial charge in [-0.2, -0.15) is 5.26 Å². The van der Waals surface area contributed by atoms with Crippen molar-refractivity contribution in [2.24, 2.45) is 0 Å². The maximum absolute atomic E-state index is 15.2. The first kappa shape index (κ1) is 25.4. The maximum atomic E-state index is 15.2. The SMILES string of the molecule is CC(C)n1c(=O)c(C#N)cc2c(F)cc(-c3nc(Nc4ccc(C5CCN(C)CC5)nc4)ncc3F)cc21. The number of nitrogens with one attached hydrogen (secondary N) is 1. The van der Waals surface area contributed by atoms with Crippen LogP contribution in [0.1, 0.15) is 49.9 Å². The van der Waals surface area contributed by atoms with E-state index in [1.54, 1.807) is 20.0 Å². The van der Waals surface area contributed by atoms with Gasteiger partial charge in [-0.15, -0.1) is 0 Å². The summed E-state index contributed by atoms with van der Waals surface area (Å²) in [7, 11) is 2.12. The third kappa shape index (κ3) is 4.85. The second-order valence-electron chi connectivity index (χ2n) is 9.89. The molecule has 1 aromatic carbocycles. The zero-order chi connectivity index (χ0) is 27.0. The number of pyridine rings is 2. The Balaban J connectivity index is 1.48. The lowest BCUT2D eigenvalue weighted by Gasteiger charge is -2.28. The van der Waals surface area contributed by atoms with Gasteiger partial charge in [-0.3, -0.25) is 9.78 Å². The van der Waals surface area contributed by atoms with Gasteiger partial charge >= 0.3 is 0 Å². The molecule has 1 aliphatic heterocycles. The number of fused-ring (bicyclic) bond motifs is 1. The molecular formula is C28H27F2N7O. The fourth-order valence-corrected chi connectivity index (χ4v) is 4.90. The van der Waals surface area contributed by atoms with E-state index >= 15 is 4.39 Å². The summed E-state index contributed by atoms with van der Waals surface area (Å²) in [5.41, 5.74) is 1.26. The summed E-state index contributed by atoms with van der Waals surface area (Å²) in [4.78, 5) is 28.0. The molecule has 0 amide bonds. The van der Waals surface area contributed by atoms with Crippen molar-refractivity contribution < 1.29 is 8.78 Å². The highest BCUT2D eigenvalue weighted by Gasteiger charge is 2.20. The second-order valence-corrected chi connectivity index (χ2v) is 9.89. The Morgan fingerprint density at radius 3 is 2.50 bits per heavy atom. The van der Waals surface area contributed by atoms with E-state index in [2.05, 4.69) is 32.2 Å². The van der Waals surface area contributed by atoms with Gasteiger partial charge in [-0.1, -0.05) is 0 Å². The molecule has 1 N–H and O–H groups in total. The Bertz CT molecular complexity index is 1600. The summed E-state index contributed by atoms with van der Waals surface area (Å²) in [6.45, 7) is 5.60. The Morgan fingerprint density at radius 2 is 1.84 bits per heavy atom. The predicted molar refractivity (Wildman–Crippen MR) is 141 cm³/mol.